The second-order valence-electron chi connectivity index (χ2n) is 18.8. The molecule has 2 aliphatic carbocycles. The van der Waals surface area contributed by atoms with Crippen molar-refractivity contribution in [1.29, 1.82) is 0 Å². The topological polar surface area (TPSA) is 19.6 Å². The molecule has 67 heavy (non-hydrogen) atoms. The summed E-state index contributed by atoms with van der Waals surface area (Å²) in [5.74, 6) is 0. The maximum Gasteiger partial charge on any atom is 0.135 e. The van der Waals surface area contributed by atoms with Gasteiger partial charge in [0.25, 0.3) is 0 Å². The highest BCUT2D eigenvalue weighted by Gasteiger charge is 2.52. The van der Waals surface area contributed by atoms with Crippen LogP contribution in [0.4, 0.5) is 34.1 Å². The number of anilines is 6. The Morgan fingerprint density at radius 2 is 0.985 bits per heavy atom. The van der Waals surface area contributed by atoms with Crippen LogP contribution in [0.2, 0.25) is 0 Å². The fourth-order valence-electron chi connectivity index (χ4n) is 12.1. The molecule has 11 aromatic rings. The highest BCUT2D eigenvalue weighted by Crippen LogP contribution is 2.65. The maximum atomic E-state index is 6.32. The van der Waals surface area contributed by atoms with Crippen molar-refractivity contribution in [3.05, 3.63) is 264 Å². The molecule has 0 fully saturated rings. The predicted molar refractivity (Wildman–Crippen MR) is 277 cm³/mol. The summed E-state index contributed by atoms with van der Waals surface area (Å²) in [6.45, 7) is 4.71. The van der Waals surface area contributed by atoms with Crippen LogP contribution in [0.5, 0.6) is 0 Å². The third-order valence-electron chi connectivity index (χ3n) is 15.0. The van der Waals surface area contributed by atoms with E-state index in [9.17, 15) is 0 Å². The van der Waals surface area contributed by atoms with Crippen LogP contribution in [0.3, 0.4) is 0 Å². The Hall–Kier alpha value is -8.40. The Balaban J connectivity index is 0.929. The van der Waals surface area contributed by atoms with Crippen molar-refractivity contribution >= 4 is 56.1 Å². The molecule has 14 rings (SSSR count). The lowest BCUT2D eigenvalue weighted by atomic mass is 9.64. The van der Waals surface area contributed by atoms with E-state index in [0.29, 0.717) is 0 Å². The molecular formula is C64H44N2O. The summed E-state index contributed by atoms with van der Waals surface area (Å²) in [7, 11) is 0. The van der Waals surface area contributed by atoms with E-state index in [1.165, 1.54) is 78.1 Å². The van der Waals surface area contributed by atoms with Crippen molar-refractivity contribution in [1.82, 2.24) is 0 Å². The molecule has 0 saturated heterocycles. The molecule has 1 aliphatic heterocycles. The Bertz CT molecular complexity index is 3790. The van der Waals surface area contributed by atoms with Gasteiger partial charge in [0, 0.05) is 44.5 Å². The third kappa shape index (κ3) is 5.28. The Labute approximate surface area is 390 Å². The number of furan rings is 1. The standard InChI is InChI=1S/C64H44N2O/c1-63(2)54-23-11-9-20-48(54)49-36-33-47(40-56(49)63)65(46-34-37-61-53(39-46)51-21-10-14-27-60(51)67-61)45-31-28-41(29-32-45)42-30-35-50-52-22-15-26-59-62(52)64(57(50)38-42,43-16-5-3-6-17-43)55-24-12-13-25-58(55)66(59)44-18-7-4-8-19-44/h3-40H,1-2H3. The summed E-state index contributed by atoms with van der Waals surface area (Å²) < 4.78 is 6.32. The van der Waals surface area contributed by atoms with E-state index in [-0.39, 0.29) is 5.41 Å². The summed E-state index contributed by atoms with van der Waals surface area (Å²) >= 11 is 0. The minimum Gasteiger partial charge on any atom is -0.456 e. The molecule has 1 unspecified atom stereocenters. The lowest BCUT2D eigenvalue weighted by Crippen LogP contribution is -2.35. The van der Waals surface area contributed by atoms with Gasteiger partial charge in [-0.3, -0.25) is 0 Å². The minimum absolute atomic E-state index is 0.133. The SMILES string of the molecule is CC1(C)c2ccccc2-c2ccc(N(c3ccc(-c4ccc5c(c4)C4(c6ccccc6)c6ccccc6N(c6ccccc6)c6cccc-5c64)cc3)c3ccc4oc5ccccc5c4c3)cc21. The fraction of sp³-hybridized carbons (Fsp3) is 0.0625. The van der Waals surface area contributed by atoms with Crippen LogP contribution < -0.4 is 9.80 Å². The molecular weight excluding hydrogens is 813 g/mol. The fourth-order valence-corrected chi connectivity index (χ4v) is 12.1. The van der Waals surface area contributed by atoms with Crippen molar-refractivity contribution < 1.29 is 4.42 Å². The number of rotatable bonds is 6. The molecule has 0 bridgehead atoms. The van der Waals surface area contributed by atoms with Gasteiger partial charge >= 0.3 is 0 Å². The van der Waals surface area contributed by atoms with Gasteiger partial charge < -0.3 is 14.2 Å². The number of hydrogen-bond donors (Lipinski definition) is 0. The van der Waals surface area contributed by atoms with Crippen LogP contribution in [0.25, 0.3) is 55.3 Å². The lowest BCUT2D eigenvalue weighted by molar-refractivity contribution is 0.660. The molecule has 0 amide bonds. The zero-order valence-corrected chi connectivity index (χ0v) is 37.2. The normalized spacial score (nSPS) is 15.8. The van der Waals surface area contributed by atoms with Crippen molar-refractivity contribution in [3.63, 3.8) is 0 Å². The average molecular weight is 857 g/mol. The van der Waals surface area contributed by atoms with Gasteiger partial charge in [-0.2, -0.15) is 0 Å². The van der Waals surface area contributed by atoms with E-state index in [0.717, 1.165) is 44.7 Å². The van der Waals surface area contributed by atoms with Crippen LogP contribution in [-0.4, -0.2) is 0 Å². The van der Waals surface area contributed by atoms with E-state index in [4.69, 9.17) is 4.42 Å². The molecule has 2 heterocycles. The van der Waals surface area contributed by atoms with Gasteiger partial charge in [-0.1, -0.05) is 166 Å². The van der Waals surface area contributed by atoms with Crippen molar-refractivity contribution in [2.75, 3.05) is 9.80 Å². The molecule has 1 aromatic heterocycles. The van der Waals surface area contributed by atoms with E-state index in [2.05, 4.69) is 248 Å². The minimum atomic E-state index is -0.520. The lowest BCUT2D eigenvalue weighted by Gasteiger charge is -2.44. The average Bonchev–Trinajstić information content (AvgIpc) is 3.99. The molecule has 10 aromatic carbocycles. The van der Waals surface area contributed by atoms with E-state index < -0.39 is 5.41 Å². The summed E-state index contributed by atoms with van der Waals surface area (Å²) in [6, 6.07) is 85.1. The van der Waals surface area contributed by atoms with Crippen LogP contribution in [-0.2, 0) is 10.8 Å². The van der Waals surface area contributed by atoms with Gasteiger partial charge in [0.2, 0.25) is 0 Å². The van der Waals surface area contributed by atoms with Crippen molar-refractivity contribution in [2.45, 2.75) is 24.7 Å². The summed E-state index contributed by atoms with van der Waals surface area (Å²) in [5, 5.41) is 2.22. The van der Waals surface area contributed by atoms with Gasteiger partial charge in [0.05, 0.1) is 16.8 Å². The quantitative estimate of drug-likeness (QED) is 0.166. The molecule has 3 heteroatoms. The van der Waals surface area contributed by atoms with Gasteiger partial charge in [-0.05, 0) is 140 Å². The molecule has 1 atom stereocenters. The Morgan fingerprint density at radius 1 is 0.388 bits per heavy atom. The Morgan fingerprint density at radius 3 is 1.84 bits per heavy atom. The molecule has 0 radical (unpaired) electrons. The molecule has 0 spiro atoms. The first-order chi connectivity index (χ1) is 33.0. The van der Waals surface area contributed by atoms with E-state index in [1.54, 1.807) is 0 Å². The maximum absolute atomic E-state index is 6.32. The second kappa shape index (κ2) is 14.1. The molecule has 0 N–H and O–H groups in total. The van der Waals surface area contributed by atoms with Gasteiger partial charge in [0.15, 0.2) is 0 Å². The smallest absolute Gasteiger partial charge is 0.135 e. The van der Waals surface area contributed by atoms with Crippen LogP contribution in [0.15, 0.2) is 235 Å². The van der Waals surface area contributed by atoms with Gasteiger partial charge in [-0.25, -0.2) is 0 Å². The van der Waals surface area contributed by atoms with Crippen LogP contribution >= 0.6 is 0 Å². The summed E-state index contributed by atoms with van der Waals surface area (Å²) in [5.41, 5.74) is 23.5. The van der Waals surface area contributed by atoms with Crippen LogP contribution in [0, 0.1) is 0 Å². The van der Waals surface area contributed by atoms with E-state index >= 15 is 0 Å². The number of benzene rings is 10. The highest BCUT2D eigenvalue weighted by atomic mass is 16.3. The largest absolute Gasteiger partial charge is 0.456 e. The van der Waals surface area contributed by atoms with Crippen LogP contribution in [0.1, 0.15) is 47.2 Å². The monoisotopic (exact) mass is 856 g/mol. The third-order valence-corrected chi connectivity index (χ3v) is 15.0. The summed E-state index contributed by atoms with van der Waals surface area (Å²) in [6.07, 6.45) is 0. The van der Waals surface area contributed by atoms with Crippen molar-refractivity contribution in [2.24, 2.45) is 0 Å². The summed E-state index contributed by atoms with van der Waals surface area (Å²) in [4.78, 5) is 4.87. The molecule has 316 valence electrons. The molecule has 3 aliphatic rings. The van der Waals surface area contributed by atoms with Gasteiger partial charge in [0.1, 0.15) is 11.2 Å². The number of fused-ring (bicyclic) bond motifs is 11. The Kier molecular flexibility index (Phi) is 7.95. The first kappa shape index (κ1) is 37.9. The van der Waals surface area contributed by atoms with Crippen molar-refractivity contribution in [3.8, 4) is 33.4 Å². The zero-order chi connectivity index (χ0) is 44.4. The number of para-hydroxylation sites is 3. The second-order valence-corrected chi connectivity index (χ2v) is 18.8. The van der Waals surface area contributed by atoms with E-state index in [1.807, 2.05) is 6.07 Å². The first-order valence-corrected chi connectivity index (χ1v) is 23.3. The molecule has 0 saturated carbocycles. The zero-order valence-electron chi connectivity index (χ0n) is 37.2. The molecule has 3 nitrogen and oxygen atoms in total. The van der Waals surface area contributed by atoms with Gasteiger partial charge in [-0.15, -0.1) is 0 Å². The highest BCUT2D eigenvalue weighted by molar-refractivity contribution is 6.07. The predicted octanol–water partition coefficient (Wildman–Crippen LogP) is 17.2. The first-order valence-electron chi connectivity index (χ1n) is 23.3. The number of hydrogen-bond acceptors (Lipinski definition) is 3. The number of nitrogens with zero attached hydrogens (tertiary/aromatic N) is 2.